The lowest BCUT2D eigenvalue weighted by atomic mass is 9.93. The van der Waals surface area contributed by atoms with Gasteiger partial charge in [0.1, 0.15) is 11.1 Å². The lowest BCUT2D eigenvalue weighted by molar-refractivity contribution is 0.0394. The summed E-state index contributed by atoms with van der Waals surface area (Å²) >= 11 is 1.62. The van der Waals surface area contributed by atoms with Gasteiger partial charge in [-0.1, -0.05) is 20.8 Å². The molecule has 0 radical (unpaired) electrons. The van der Waals surface area contributed by atoms with E-state index < -0.39 is 5.91 Å². The molecule has 1 atom stereocenters. The zero-order valence-electron chi connectivity index (χ0n) is 14.2. The highest BCUT2D eigenvalue weighted by Crippen LogP contribution is 2.32. The van der Waals surface area contributed by atoms with Crippen LogP contribution in [0.25, 0.3) is 0 Å². The van der Waals surface area contributed by atoms with E-state index in [2.05, 4.69) is 36.0 Å². The van der Waals surface area contributed by atoms with Crippen molar-refractivity contribution in [3.8, 4) is 0 Å². The minimum atomic E-state index is -0.467. The molecule has 3 heterocycles. The van der Waals surface area contributed by atoms with Gasteiger partial charge in [-0.2, -0.15) is 0 Å². The first-order valence-electron chi connectivity index (χ1n) is 7.92. The molecule has 6 nitrogen and oxygen atoms in total. The van der Waals surface area contributed by atoms with E-state index in [4.69, 9.17) is 15.5 Å². The van der Waals surface area contributed by atoms with Crippen LogP contribution in [-0.2, 0) is 10.2 Å². The van der Waals surface area contributed by atoms with Crippen molar-refractivity contribution >= 4 is 22.9 Å². The lowest BCUT2D eigenvalue weighted by Gasteiger charge is -2.34. The van der Waals surface area contributed by atoms with Crippen LogP contribution in [0.1, 0.15) is 47.9 Å². The predicted octanol–water partition coefficient (Wildman–Crippen LogP) is 2.51. The summed E-state index contributed by atoms with van der Waals surface area (Å²) in [5.41, 5.74) is 7.81. The minimum Gasteiger partial charge on any atom is -0.367 e. The minimum absolute atomic E-state index is 0.0212. The van der Waals surface area contributed by atoms with E-state index in [1.54, 1.807) is 17.5 Å². The van der Waals surface area contributed by atoms with Gasteiger partial charge >= 0.3 is 0 Å². The van der Waals surface area contributed by atoms with Crippen molar-refractivity contribution in [3.63, 3.8) is 0 Å². The first-order valence-corrected chi connectivity index (χ1v) is 8.80. The molecular formula is C17H22N4O2S. The van der Waals surface area contributed by atoms with E-state index >= 15 is 0 Å². The molecule has 0 aromatic carbocycles. The number of rotatable bonds is 3. The van der Waals surface area contributed by atoms with Crippen molar-refractivity contribution in [2.75, 3.05) is 24.6 Å². The standard InChI is InChI=1S/C17H22N4O2S/c1-17(2,3)14-10-24-16(20-14)13-9-21(6-7-23-13)12-4-5-19-8-11(12)15(18)22/h4-5,8,10,13H,6-7,9H2,1-3H3,(H2,18,22)/t13-/m0/s1. The molecule has 1 aliphatic rings. The normalized spacial score (nSPS) is 18.6. The summed E-state index contributed by atoms with van der Waals surface area (Å²) in [6, 6.07) is 1.82. The number of anilines is 1. The second-order valence-electron chi connectivity index (χ2n) is 6.88. The predicted molar refractivity (Wildman–Crippen MR) is 94.5 cm³/mol. The number of thiazole rings is 1. The van der Waals surface area contributed by atoms with Crippen LogP contribution in [0.3, 0.4) is 0 Å². The van der Waals surface area contributed by atoms with Crippen molar-refractivity contribution in [1.82, 2.24) is 9.97 Å². The number of nitrogens with two attached hydrogens (primary N) is 1. The Morgan fingerprint density at radius 1 is 1.46 bits per heavy atom. The van der Waals surface area contributed by atoms with E-state index in [9.17, 15) is 4.79 Å². The van der Waals surface area contributed by atoms with E-state index in [-0.39, 0.29) is 11.5 Å². The zero-order chi connectivity index (χ0) is 17.3. The Balaban J connectivity index is 1.83. The van der Waals surface area contributed by atoms with Crippen LogP contribution >= 0.6 is 11.3 Å². The molecule has 0 unspecified atom stereocenters. The van der Waals surface area contributed by atoms with Gasteiger partial charge in [0.25, 0.3) is 5.91 Å². The molecule has 2 N–H and O–H groups in total. The smallest absolute Gasteiger partial charge is 0.252 e. The number of amides is 1. The number of primary amides is 1. The summed E-state index contributed by atoms with van der Waals surface area (Å²) in [6.07, 6.45) is 3.09. The van der Waals surface area contributed by atoms with Crippen LogP contribution in [0.4, 0.5) is 5.69 Å². The van der Waals surface area contributed by atoms with Gasteiger partial charge in [-0.25, -0.2) is 4.98 Å². The molecule has 3 rings (SSSR count). The van der Waals surface area contributed by atoms with E-state index in [1.807, 2.05) is 6.07 Å². The van der Waals surface area contributed by atoms with Crippen molar-refractivity contribution in [2.24, 2.45) is 5.73 Å². The van der Waals surface area contributed by atoms with Crippen LogP contribution in [0.2, 0.25) is 0 Å². The quantitative estimate of drug-likeness (QED) is 0.923. The molecule has 1 fully saturated rings. The number of ether oxygens (including phenoxy) is 1. The molecule has 128 valence electrons. The van der Waals surface area contributed by atoms with Gasteiger partial charge in [0.15, 0.2) is 0 Å². The molecule has 7 heteroatoms. The van der Waals surface area contributed by atoms with Gasteiger partial charge in [0.05, 0.1) is 30.1 Å². The number of carbonyl (C=O) groups excluding carboxylic acids is 1. The Hall–Kier alpha value is -1.99. The van der Waals surface area contributed by atoms with Gasteiger partial charge in [-0.3, -0.25) is 9.78 Å². The highest BCUT2D eigenvalue weighted by Gasteiger charge is 2.28. The summed E-state index contributed by atoms with van der Waals surface area (Å²) in [4.78, 5) is 22.5. The zero-order valence-corrected chi connectivity index (χ0v) is 15.0. The summed E-state index contributed by atoms with van der Waals surface area (Å²) in [6.45, 7) is 8.37. The fraction of sp³-hybridized carbons (Fsp3) is 0.471. The van der Waals surface area contributed by atoms with Crippen molar-refractivity contribution < 1.29 is 9.53 Å². The second kappa shape index (κ2) is 6.49. The van der Waals surface area contributed by atoms with Gasteiger partial charge in [-0.15, -0.1) is 11.3 Å². The largest absolute Gasteiger partial charge is 0.367 e. The summed E-state index contributed by atoms with van der Waals surface area (Å²) < 4.78 is 5.92. The second-order valence-corrected chi connectivity index (χ2v) is 7.77. The van der Waals surface area contributed by atoms with Gasteiger partial charge in [0.2, 0.25) is 0 Å². The number of hydrogen-bond acceptors (Lipinski definition) is 6. The molecule has 0 aliphatic carbocycles. The molecule has 1 saturated heterocycles. The number of pyridine rings is 1. The van der Waals surface area contributed by atoms with Crippen LogP contribution in [0.15, 0.2) is 23.8 Å². The van der Waals surface area contributed by atoms with Crippen molar-refractivity contribution in [2.45, 2.75) is 32.3 Å². The third-order valence-corrected chi connectivity index (χ3v) is 4.97. The highest BCUT2D eigenvalue weighted by atomic mass is 32.1. The number of carbonyl (C=O) groups is 1. The molecule has 2 aromatic heterocycles. The molecule has 0 bridgehead atoms. The fourth-order valence-electron chi connectivity index (χ4n) is 2.65. The third-order valence-electron chi connectivity index (χ3n) is 4.04. The highest BCUT2D eigenvalue weighted by molar-refractivity contribution is 7.09. The average molecular weight is 346 g/mol. The maximum Gasteiger partial charge on any atom is 0.252 e. The third kappa shape index (κ3) is 3.42. The SMILES string of the molecule is CC(C)(C)c1csc([C@@H]2CN(c3ccncc3C(N)=O)CCO2)n1. The van der Waals surface area contributed by atoms with Crippen LogP contribution < -0.4 is 10.6 Å². The number of morpholine rings is 1. The van der Waals surface area contributed by atoms with Crippen molar-refractivity contribution in [1.29, 1.82) is 0 Å². The van der Waals surface area contributed by atoms with Crippen LogP contribution in [-0.4, -0.2) is 35.6 Å². The Bertz CT molecular complexity index is 738. The average Bonchev–Trinajstić information content (AvgIpc) is 3.05. The summed E-state index contributed by atoms with van der Waals surface area (Å²) in [5, 5.41) is 3.07. The Labute approximate surface area is 145 Å². The number of aromatic nitrogens is 2. The molecule has 1 aliphatic heterocycles. The molecule has 24 heavy (non-hydrogen) atoms. The fourth-order valence-corrected chi connectivity index (χ4v) is 3.73. The number of nitrogens with zero attached hydrogens (tertiary/aromatic N) is 3. The van der Waals surface area contributed by atoms with E-state index in [0.717, 1.165) is 16.4 Å². The van der Waals surface area contributed by atoms with E-state index in [0.29, 0.717) is 25.3 Å². The topological polar surface area (TPSA) is 81.3 Å². The Morgan fingerprint density at radius 2 is 2.25 bits per heavy atom. The molecule has 0 saturated carbocycles. The molecule has 0 spiro atoms. The monoisotopic (exact) mass is 346 g/mol. The van der Waals surface area contributed by atoms with Gasteiger partial charge in [-0.05, 0) is 6.07 Å². The number of hydrogen-bond donors (Lipinski definition) is 1. The molecular weight excluding hydrogens is 324 g/mol. The maximum absolute atomic E-state index is 11.6. The first-order chi connectivity index (χ1) is 11.4. The molecule has 2 aromatic rings. The lowest BCUT2D eigenvalue weighted by Crippen LogP contribution is -2.39. The Morgan fingerprint density at radius 3 is 2.92 bits per heavy atom. The first kappa shape index (κ1) is 16.9. The maximum atomic E-state index is 11.6. The van der Waals surface area contributed by atoms with Crippen LogP contribution in [0, 0.1) is 0 Å². The summed E-state index contributed by atoms with van der Waals surface area (Å²) in [7, 11) is 0. The molecule has 1 amide bonds. The van der Waals surface area contributed by atoms with Gasteiger partial charge < -0.3 is 15.4 Å². The summed E-state index contributed by atoms with van der Waals surface area (Å²) in [5.74, 6) is -0.467. The Kier molecular flexibility index (Phi) is 4.56. The van der Waals surface area contributed by atoms with Crippen molar-refractivity contribution in [3.05, 3.63) is 40.1 Å². The van der Waals surface area contributed by atoms with E-state index in [1.165, 1.54) is 6.20 Å². The van der Waals surface area contributed by atoms with Gasteiger partial charge in [0, 0.05) is 29.7 Å². The van der Waals surface area contributed by atoms with Crippen LogP contribution in [0.5, 0.6) is 0 Å².